The Balaban J connectivity index is 1.87. The molecule has 5 nitrogen and oxygen atoms in total. The van der Waals surface area contributed by atoms with Gasteiger partial charge in [-0.1, -0.05) is 18.2 Å². The quantitative estimate of drug-likeness (QED) is 0.767. The van der Waals surface area contributed by atoms with Gasteiger partial charge in [-0.3, -0.25) is 4.79 Å². The molecule has 0 spiro atoms. The maximum atomic E-state index is 12.3. The second-order valence-corrected chi connectivity index (χ2v) is 6.05. The van der Waals surface area contributed by atoms with Crippen molar-refractivity contribution in [1.82, 2.24) is 10.2 Å². The van der Waals surface area contributed by atoms with Gasteiger partial charge in [0.05, 0.1) is 0 Å². The van der Waals surface area contributed by atoms with E-state index in [0.29, 0.717) is 24.4 Å². The van der Waals surface area contributed by atoms with Crippen LogP contribution in [0.1, 0.15) is 21.5 Å². The summed E-state index contributed by atoms with van der Waals surface area (Å²) in [6, 6.07) is 13.1. The Bertz CT molecular complexity index is 682. The van der Waals surface area contributed by atoms with Crippen molar-refractivity contribution in [3.05, 3.63) is 59.2 Å². The molecule has 2 rings (SSSR count). The van der Waals surface area contributed by atoms with Gasteiger partial charge in [0.25, 0.3) is 5.91 Å². The minimum atomic E-state index is -0.119. The summed E-state index contributed by atoms with van der Waals surface area (Å²) in [5, 5.41) is 2.92. The summed E-state index contributed by atoms with van der Waals surface area (Å²) >= 11 is 0. The predicted molar refractivity (Wildman–Crippen MR) is 97.3 cm³/mol. The zero-order chi connectivity index (χ0) is 17.5. The molecule has 24 heavy (non-hydrogen) atoms. The number of hydrogen-bond donors (Lipinski definition) is 2. The molecule has 3 N–H and O–H groups in total. The molecule has 128 valence electrons. The Morgan fingerprint density at radius 3 is 2.54 bits per heavy atom. The molecule has 0 saturated heterocycles. The van der Waals surface area contributed by atoms with Gasteiger partial charge in [-0.15, -0.1) is 0 Å². The number of aryl methyl sites for hydroxylation is 1. The van der Waals surface area contributed by atoms with Gasteiger partial charge in [0, 0.05) is 24.3 Å². The van der Waals surface area contributed by atoms with Gasteiger partial charge < -0.3 is 20.7 Å². The van der Waals surface area contributed by atoms with E-state index >= 15 is 0 Å². The second kappa shape index (κ2) is 8.36. The van der Waals surface area contributed by atoms with E-state index in [-0.39, 0.29) is 5.91 Å². The van der Waals surface area contributed by atoms with Crippen molar-refractivity contribution in [2.24, 2.45) is 0 Å². The number of amides is 1. The van der Waals surface area contributed by atoms with E-state index in [2.05, 4.69) is 10.2 Å². The van der Waals surface area contributed by atoms with Gasteiger partial charge in [-0.25, -0.2) is 0 Å². The van der Waals surface area contributed by atoms with E-state index < -0.39 is 0 Å². The van der Waals surface area contributed by atoms with Crippen molar-refractivity contribution in [1.29, 1.82) is 0 Å². The average molecular weight is 327 g/mol. The second-order valence-electron chi connectivity index (χ2n) is 6.05. The Morgan fingerprint density at radius 2 is 1.88 bits per heavy atom. The Labute approximate surface area is 143 Å². The first kappa shape index (κ1) is 17.8. The third kappa shape index (κ3) is 5.28. The van der Waals surface area contributed by atoms with Crippen LogP contribution in [0.2, 0.25) is 0 Å². The smallest absolute Gasteiger partial charge is 0.251 e. The number of nitrogens with two attached hydrogens (primary N) is 1. The Morgan fingerprint density at radius 1 is 1.17 bits per heavy atom. The summed E-state index contributed by atoms with van der Waals surface area (Å²) in [5.41, 5.74) is 8.88. The average Bonchev–Trinajstić information content (AvgIpc) is 2.55. The van der Waals surface area contributed by atoms with Gasteiger partial charge in [-0.05, 0) is 56.4 Å². The number of hydrogen-bond acceptors (Lipinski definition) is 4. The summed E-state index contributed by atoms with van der Waals surface area (Å²) in [4.78, 5) is 14.3. The summed E-state index contributed by atoms with van der Waals surface area (Å²) < 4.78 is 5.65. The minimum absolute atomic E-state index is 0.119. The van der Waals surface area contributed by atoms with Gasteiger partial charge >= 0.3 is 0 Å². The van der Waals surface area contributed by atoms with Crippen molar-refractivity contribution in [2.45, 2.75) is 13.5 Å². The van der Waals surface area contributed by atoms with Crippen LogP contribution in [0.15, 0.2) is 42.5 Å². The molecule has 2 aromatic carbocycles. The number of nitrogens with zero attached hydrogens (tertiary/aromatic N) is 1. The lowest BCUT2D eigenvalue weighted by atomic mass is 10.1. The molecule has 0 saturated carbocycles. The topological polar surface area (TPSA) is 67.6 Å². The standard InChI is InChI=1S/C19H25N3O2/c1-14-4-7-16(20)12-18(14)19(23)21-13-15-5-8-17(9-6-15)24-11-10-22(2)3/h4-9,12H,10-11,13,20H2,1-3H3,(H,21,23). The fourth-order valence-electron chi connectivity index (χ4n) is 2.21. The molecule has 0 aliphatic heterocycles. The number of carbonyl (C=O) groups is 1. The van der Waals surface area contributed by atoms with E-state index in [0.717, 1.165) is 23.4 Å². The van der Waals surface area contributed by atoms with Gasteiger partial charge in [-0.2, -0.15) is 0 Å². The Kier molecular flexibility index (Phi) is 6.21. The first-order valence-corrected chi connectivity index (χ1v) is 7.96. The third-order valence-corrected chi connectivity index (χ3v) is 3.69. The normalized spacial score (nSPS) is 10.7. The van der Waals surface area contributed by atoms with Crippen molar-refractivity contribution in [2.75, 3.05) is 33.0 Å². The number of ether oxygens (including phenoxy) is 1. The molecule has 0 aliphatic carbocycles. The van der Waals surface area contributed by atoms with Crippen LogP contribution in [0.3, 0.4) is 0 Å². The van der Waals surface area contributed by atoms with E-state index in [1.807, 2.05) is 51.4 Å². The number of benzene rings is 2. The summed E-state index contributed by atoms with van der Waals surface area (Å²) in [6.45, 7) is 3.88. The molecular formula is C19H25N3O2. The number of carbonyl (C=O) groups excluding carboxylic acids is 1. The highest BCUT2D eigenvalue weighted by atomic mass is 16.5. The number of anilines is 1. The highest BCUT2D eigenvalue weighted by Gasteiger charge is 2.09. The molecule has 2 aromatic rings. The molecule has 0 bridgehead atoms. The van der Waals surface area contributed by atoms with Crippen LogP contribution < -0.4 is 15.8 Å². The molecule has 0 aromatic heterocycles. The van der Waals surface area contributed by atoms with Crippen LogP contribution in [0.25, 0.3) is 0 Å². The zero-order valence-electron chi connectivity index (χ0n) is 14.5. The monoisotopic (exact) mass is 327 g/mol. The largest absolute Gasteiger partial charge is 0.492 e. The predicted octanol–water partition coefficient (Wildman–Crippen LogP) is 2.45. The van der Waals surface area contributed by atoms with Gasteiger partial charge in [0.2, 0.25) is 0 Å². The zero-order valence-corrected chi connectivity index (χ0v) is 14.5. The van der Waals surface area contributed by atoms with E-state index in [4.69, 9.17) is 10.5 Å². The van der Waals surface area contributed by atoms with Crippen LogP contribution in [0.4, 0.5) is 5.69 Å². The fourth-order valence-corrected chi connectivity index (χ4v) is 2.21. The highest BCUT2D eigenvalue weighted by molar-refractivity contribution is 5.96. The first-order chi connectivity index (χ1) is 11.5. The maximum absolute atomic E-state index is 12.3. The van der Waals surface area contributed by atoms with E-state index in [1.54, 1.807) is 12.1 Å². The molecule has 0 fully saturated rings. The van der Waals surface area contributed by atoms with E-state index in [9.17, 15) is 4.79 Å². The molecule has 5 heteroatoms. The van der Waals surface area contributed by atoms with Crippen LogP contribution in [-0.2, 0) is 6.54 Å². The minimum Gasteiger partial charge on any atom is -0.492 e. The van der Waals surface area contributed by atoms with Gasteiger partial charge in [0.15, 0.2) is 0 Å². The lowest BCUT2D eigenvalue weighted by Crippen LogP contribution is -2.23. The number of nitrogens with one attached hydrogen (secondary N) is 1. The van der Waals surface area contributed by atoms with Gasteiger partial charge in [0.1, 0.15) is 12.4 Å². The molecule has 0 aliphatic rings. The van der Waals surface area contributed by atoms with Crippen molar-refractivity contribution in [3.63, 3.8) is 0 Å². The number of rotatable bonds is 7. The van der Waals surface area contributed by atoms with Crippen LogP contribution in [-0.4, -0.2) is 38.1 Å². The number of nitrogen functional groups attached to an aromatic ring is 1. The lowest BCUT2D eigenvalue weighted by Gasteiger charge is -2.12. The molecular weight excluding hydrogens is 302 g/mol. The molecule has 1 amide bonds. The summed E-state index contributed by atoms with van der Waals surface area (Å²) in [6.07, 6.45) is 0. The highest BCUT2D eigenvalue weighted by Crippen LogP contribution is 2.14. The fraction of sp³-hybridized carbons (Fsp3) is 0.316. The van der Waals surface area contributed by atoms with Crippen LogP contribution >= 0.6 is 0 Å². The SMILES string of the molecule is Cc1ccc(N)cc1C(=O)NCc1ccc(OCCN(C)C)cc1. The maximum Gasteiger partial charge on any atom is 0.251 e. The number of likely N-dealkylation sites (N-methyl/N-ethyl adjacent to an activating group) is 1. The van der Waals surface area contributed by atoms with Crippen LogP contribution in [0, 0.1) is 6.92 Å². The molecule has 0 unspecified atom stereocenters. The first-order valence-electron chi connectivity index (χ1n) is 7.96. The van der Waals surface area contributed by atoms with Crippen LogP contribution in [0.5, 0.6) is 5.75 Å². The van der Waals surface area contributed by atoms with Crippen molar-refractivity contribution >= 4 is 11.6 Å². The molecule has 0 radical (unpaired) electrons. The third-order valence-electron chi connectivity index (χ3n) is 3.69. The molecule has 0 heterocycles. The Hall–Kier alpha value is -2.53. The van der Waals surface area contributed by atoms with Crippen molar-refractivity contribution < 1.29 is 9.53 Å². The summed E-state index contributed by atoms with van der Waals surface area (Å²) in [7, 11) is 4.02. The molecule has 0 atom stereocenters. The summed E-state index contributed by atoms with van der Waals surface area (Å²) in [5.74, 6) is 0.713. The lowest BCUT2D eigenvalue weighted by molar-refractivity contribution is 0.0950. The van der Waals surface area contributed by atoms with E-state index in [1.165, 1.54) is 0 Å². The van der Waals surface area contributed by atoms with Crippen molar-refractivity contribution in [3.8, 4) is 5.75 Å².